The molecule has 10 rings (SSSR count). The summed E-state index contributed by atoms with van der Waals surface area (Å²) in [7, 11) is 0. The molecule has 0 atom stereocenters. The Balaban J connectivity index is 1.06. The summed E-state index contributed by atoms with van der Waals surface area (Å²) < 4.78 is 0. The van der Waals surface area contributed by atoms with Gasteiger partial charge in [0.2, 0.25) is 0 Å². The van der Waals surface area contributed by atoms with Crippen molar-refractivity contribution < 1.29 is 0 Å². The largest absolute Gasteiger partial charge is 0.0579 e. The summed E-state index contributed by atoms with van der Waals surface area (Å²) in [6.07, 6.45) is 18.0. The van der Waals surface area contributed by atoms with E-state index in [4.69, 9.17) is 0 Å². The summed E-state index contributed by atoms with van der Waals surface area (Å²) in [5.74, 6) is 6.16. The Labute approximate surface area is 194 Å². The minimum Gasteiger partial charge on any atom is -0.0579 e. The van der Waals surface area contributed by atoms with Crippen molar-refractivity contribution in [1.29, 1.82) is 0 Å². The third kappa shape index (κ3) is 2.74. The van der Waals surface area contributed by atoms with Crippen molar-refractivity contribution in [2.75, 3.05) is 0 Å². The lowest BCUT2D eigenvalue weighted by atomic mass is 9.48. The SMILES string of the molecule is c1cc(C23CC4CC(CC(C4)C2)C3)ccc1-c1ccc(C23CC4CC(CC(C4)C2)C3)cc1. The van der Waals surface area contributed by atoms with Crippen LogP contribution in [-0.4, -0.2) is 0 Å². The van der Waals surface area contributed by atoms with Crippen molar-refractivity contribution in [1.82, 2.24) is 0 Å². The maximum atomic E-state index is 2.51. The summed E-state index contributed by atoms with van der Waals surface area (Å²) in [6, 6.07) is 19.8. The predicted molar refractivity (Wildman–Crippen MR) is 132 cm³/mol. The van der Waals surface area contributed by atoms with Crippen LogP contribution in [0.1, 0.15) is 88.2 Å². The molecule has 2 aromatic rings. The second-order valence-electron chi connectivity index (χ2n) is 13.6. The summed E-state index contributed by atoms with van der Waals surface area (Å²) in [4.78, 5) is 0. The van der Waals surface area contributed by atoms with E-state index in [0.717, 1.165) is 35.5 Å². The van der Waals surface area contributed by atoms with Gasteiger partial charge in [-0.05, 0) is 146 Å². The van der Waals surface area contributed by atoms with Gasteiger partial charge in [0.25, 0.3) is 0 Å². The first kappa shape index (κ1) is 18.8. The molecule has 32 heavy (non-hydrogen) atoms. The minimum absolute atomic E-state index is 0.523. The fourth-order valence-electron chi connectivity index (χ4n) is 11.0. The van der Waals surface area contributed by atoms with E-state index in [-0.39, 0.29) is 0 Å². The zero-order valence-electron chi connectivity index (χ0n) is 19.6. The molecule has 0 heteroatoms. The molecule has 8 aliphatic rings. The smallest absolute Gasteiger partial charge is 0.00391 e. The van der Waals surface area contributed by atoms with Crippen LogP contribution in [-0.2, 0) is 10.8 Å². The van der Waals surface area contributed by atoms with Crippen LogP contribution in [0.3, 0.4) is 0 Å². The lowest BCUT2D eigenvalue weighted by Gasteiger charge is -2.57. The molecule has 8 fully saturated rings. The van der Waals surface area contributed by atoms with Gasteiger partial charge in [-0.2, -0.15) is 0 Å². The van der Waals surface area contributed by atoms with Gasteiger partial charge in [0.15, 0.2) is 0 Å². The van der Waals surface area contributed by atoms with E-state index in [9.17, 15) is 0 Å². The van der Waals surface area contributed by atoms with Gasteiger partial charge in [-0.1, -0.05) is 48.5 Å². The van der Waals surface area contributed by atoms with Gasteiger partial charge in [-0.25, -0.2) is 0 Å². The van der Waals surface area contributed by atoms with Crippen molar-refractivity contribution >= 4 is 0 Å². The summed E-state index contributed by atoms with van der Waals surface area (Å²) >= 11 is 0. The van der Waals surface area contributed by atoms with Crippen molar-refractivity contribution in [3.8, 4) is 11.1 Å². The first-order chi connectivity index (χ1) is 15.6. The number of hydrogen-bond donors (Lipinski definition) is 0. The maximum absolute atomic E-state index is 2.51. The molecule has 166 valence electrons. The van der Waals surface area contributed by atoms with Crippen LogP contribution in [0.5, 0.6) is 0 Å². The number of rotatable bonds is 3. The van der Waals surface area contributed by atoms with E-state index in [0.29, 0.717) is 10.8 Å². The molecular weight excluding hydrogens is 384 g/mol. The highest BCUT2D eigenvalue weighted by Crippen LogP contribution is 2.62. The van der Waals surface area contributed by atoms with E-state index >= 15 is 0 Å². The van der Waals surface area contributed by atoms with Gasteiger partial charge in [0, 0.05) is 0 Å². The Morgan fingerprint density at radius 1 is 0.375 bits per heavy atom. The molecule has 0 saturated heterocycles. The third-order valence-corrected chi connectivity index (χ3v) is 11.4. The Morgan fingerprint density at radius 3 is 0.875 bits per heavy atom. The molecule has 0 radical (unpaired) electrons. The molecule has 0 heterocycles. The van der Waals surface area contributed by atoms with E-state index in [2.05, 4.69) is 48.5 Å². The van der Waals surface area contributed by atoms with Crippen molar-refractivity contribution in [3.05, 3.63) is 59.7 Å². The summed E-state index contributed by atoms with van der Waals surface area (Å²) in [5.41, 5.74) is 7.19. The molecule has 0 amide bonds. The highest BCUT2D eigenvalue weighted by Gasteiger charge is 2.52. The average molecular weight is 423 g/mol. The van der Waals surface area contributed by atoms with Crippen molar-refractivity contribution in [2.24, 2.45) is 35.5 Å². The normalized spacial score (nSPS) is 45.5. The third-order valence-electron chi connectivity index (χ3n) is 11.4. The number of hydrogen-bond acceptors (Lipinski definition) is 0. The van der Waals surface area contributed by atoms with E-state index < -0.39 is 0 Å². The van der Waals surface area contributed by atoms with Gasteiger partial charge >= 0.3 is 0 Å². The topological polar surface area (TPSA) is 0 Å². The van der Waals surface area contributed by atoms with Crippen molar-refractivity contribution in [3.63, 3.8) is 0 Å². The fraction of sp³-hybridized carbons (Fsp3) is 0.625. The lowest BCUT2D eigenvalue weighted by Crippen LogP contribution is -2.48. The summed E-state index contributed by atoms with van der Waals surface area (Å²) in [6.45, 7) is 0. The van der Waals surface area contributed by atoms with E-state index in [1.54, 1.807) is 11.1 Å². The van der Waals surface area contributed by atoms with E-state index in [1.165, 1.54) is 88.2 Å². The minimum atomic E-state index is 0.523. The standard InChI is InChI=1S/C32H38/c1-5-29(31-15-21-9-22(16-31)11-23(10-21)17-31)6-2-27(1)28-3-7-30(8-4-28)32-18-24-12-25(19-32)14-26(13-24)20-32/h1-8,21-26H,9-20H2. The van der Waals surface area contributed by atoms with Crippen LogP contribution in [0.15, 0.2) is 48.5 Å². The highest BCUT2D eigenvalue weighted by atomic mass is 14.6. The number of benzene rings is 2. The molecule has 0 unspecified atom stereocenters. The maximum Gasteiger partial charge on any atom is -0.00391 e. The van der Waals surface area contributed by atoms with Gasteiger partial charge in [-0.3, -0.25) is 0 Å². The first-order valence-corrected chi connectivity index (χ1v) is 13.9. The van der Waals surface area contributed by atoms with Crippen LogP contribution in [0, 0.1) is 35.5 Å². The lowest BCUT2D eigenvalue weighted by molar-refractivity contribution is -0.00531. The second kappa shape index (κ2) is 6.52. The van der Waals surface area contributed by atoms with Crippen LogP contribution in [0.2, 0.25) is 0 Å². The molecule has 8 aliphatic carbocycles. The molecule has 8 bridgehead atoms. The van der Waals surface area contributed by atoms with E-state index in [1.807, 2.05) is 0 Å². The quantitative estimate of drug-likeness (QED) is 0.467. The zero-order chi connectivity index (χ0) is 20.9. The fourth-order valence-corrected chi connectivity index (χ4v) is 11.0. The van der Waals surface area contributed by atoms with Crippen LogP contribution < -0.4 is 0 Å². The van der Waals surface area contributed by atoms with Gasteiger partial charge in [-0.15, -0.1) is 0 Å². The first-order valence-electron chi connectivity index (χ1n) is 13.9. The van der Waals surface area contributed by atoms with Crippen LogP contribution in [0.4, 0.5) is 0 Å². The Morgan fingerprint density at radius 2 is 0.625 bits per heavy atom. The highest BCUT2D eigenvalue weighted by molar-refractivity contribution is 5.64. The van der Waals surface area contributed by atoms with Gasteiger partial charge in [0.05, 0.1) is 0 Å². The average Bonchev–Trinajstić information content (AvgIpc) is 2.78. The van der Waals surface area contributed by atoms with Gasteiger partial charge in [0.1, 0.15) is 0 Å². The molecule has 8 saturated carbocycles. The molecular formula is C32H38. The Bertz CT molecular complexity index is 867. The van der Waals surface area contributed by atoms with Crippen LogP contribution in [0.25, 0.3) is 11.1 Å². The second-order valence-corrected chi connectivity index (χ2v) is 13.6. The summed E-state index contributed by atoms with van der Waals surface area (Å²) in [5, 5.41) is 0. The van der Waals surface area contributed by atoms with Gasteiger partial charge < -0.3 is 0 Å². The Kier molecular flexibility index (Phi) is 3.83. The van der Waals surface area contributed by atoms with Crippen molar-refractivity contribution in [2.45, 2.75) is 87.9 Å². The molecule has 0 spiro atoms. The molecule has 0 N–H and O–H groups in total. The monoisotopic (exact) mass is 422 g/mol. The predicted octanol–water partition coefficient (Wildman–Crippen LogP) is 8.29. The molecule has 0 aliphatic heterocycles. The van der Waals surface area contributed by atoms with Crippen LogP contribution >= 0.6 is 0 Å². The molecule has 0 aromatic heterocycles. The molecule has 0 nitrogen and oxygen atoms in total. The molecule has 2 aromatic carbocycles. The Hall–Kier alpha value is -1.56. The zero-order valence-corrected chi connectivity index (χ0v) is 19.6.